The molecule has 0 radical (unpaired) electrons. The number of likely N-dealkylation sites (N-methyl/N-ethyl adjacent to an activating group) is 1. The Kier molecular flexibility index (Phi) is 24.0. The zero-order valence-corrected chi connectivity index (χ0v) is 45.4. The van der Waals surface area contributed by atoms with Crippen LogP contribution in [0.25, 0.3) is 0 Å². The number of aromatic hydroxyl groups is 2. The number of carbonyl (C=O) groups is 10. The van der Waals surface area contributed by atoms with Crippen LogP contribution < -0.4 is 37.6 Å². The number of amides is 9. The second-order valence-corrected chi connectivity index (χ2v) is 20.6. The summed E-state index contributed by atoms with van der Waals surface area (Å²) in [7, 11) is 1.22. The maximum atomic E-state index is 14.8. The smallest absolute Gasteiger partial charge is 0.329 e. The molecule has 26 nitrogen and oxygen atoms in total. The number of primary amides is 1. The minimum atomic E-state index is -1.96. The van der Waals surface area contributed by atoms with E-state index in [4.69, 9.17) is 10.5 Å². The number of ether oxygens (including phenoxy) is 1. The van der Waals surface area contributed by atoms with E-state index in [-0.39, 0.29) is 62.4 Å². The average Bonchev–Trinajstić information content (AvgIpc) is 3.40. The molecule has 79 heavy (non-hydrogen) atoms. The van der Waals surface area contributed by atoms with Crippen molar-refractivity contribution >= 4 is 59.1 Å². The minimum absolute atomic E-state index is 0.0484. The number of nitrogens with zero attached hydrogens (tertiary/aromatic N) is 2. The zero-order chi connectivity index (χ0) is 59.0. The molecular formula is C53H77N9O17. The summed E-state index contributed by atoms with van der Waals surface area (Å²) in [6, 6.07) is -1.54. The summed E-state index contributed by atoms with van der Waals surface area (Å²) in [5.74, 6) is -11.7. The van der Waals surface area contributed by atoms with Gasteiger partial charge in [-0.15, -0.1) is 0 Å². The van der Waals surface area contributed by atoms with Gasteiger partial charge in [0.2, 0.25) is 47.3 Å². The second kappa shape index (κ2) is 29.5. The summed E-state index contributed by atoms with van der Waals surface area (Å²) in [5.41, 5.74) is 6.48. The van der Waals surface area contributed by atoms with Crippen LogP contribution in [0, 0.1) is 11.8 Å². The monoisotopic (exact) mass is 1110 g/mol. The van der Waals surface area contributed by atoms with Crippen molar-refractivity contribution in [2.24, 2.45) is 17.6 Å². The first-order valence-electron chi connectivity index (χ1n) is 26.3. The normalized spacial score (nSPS) is 24.7. The van der Waals surface area contributed by atoms with Gasteiger partial charge in [-0.1, -0.05) is 58.4 Å². The standard InChI is InChI=1S/C53H77N9O17/c1-8-27(4)42-53(78)79-29(6)43(60-46(71)35(19-21-40(54)68)55-45(70)34(56-49(74)39(67)25-63)18-13-30-9-14-32(65)15-10-30)50(75)58-37(23-26(2)3)47(72)57-36-20-22-41(69)62(51(36)76)44(28(5)64)52(77)61(7)38(48(73)59-42)24-31-11-16-33(66)17-12-31/h9-12,14-17,26-29,34-39,41-44,63-67,69H,8,13,18-25H2,1-7H3,(H2,54,68)(H,55,70)(H,56,74)(H,57,72)(H,58,75)(H,59,73)(H,60,71)/t27-,28+,29+,34?,35-,36?,37-,38-,39+,41?,42-,43-,44+/m0/s1. The molecule has 4 rings (SSSR count). The first kappa shape index (κ1) is 64.1. The number of phenols is 2. The predicted molar refractivity (Wildman–Crippen MR) is 280 cm³/mol. The number of rotatable bonds is 20. The van der Waals surface area contributed by atoms with Crippen molar-refractivity contribution < 1.29 is 83.3 Å². The molecule has 2 aliphatic rings. The summed E-state index contributed by atoms with van der Waals surface area (Å²) in [5, 5.41) is 76.9. The van der Waals surface area contributed by atoms with Gasteiger partial charge in [-0.2, -0.15) is 0 Å². The van der Waals surface area contributed by atoms with Gasteiger partial charge in [-0.3, -0.25) is 43.2 Å². The van der Waals surface area contributed by atoms with E-state index in [0.717, 1.165) is 9.80 Å². The van der Waals surface area contributed by atoms with Crippen LogP contribution in [0.3, 0.4) is 0 Å². The number of fused-ring (bicyclic) bond motifs is 2. The Bertz CT molecular complexity index is 2480. The maximum absolute atomic E-state index is 14.8. The Labute approximate surface area is 457 Å². The lowest BCUT2D eigenvalue weighted by Gasteiger charge is -2.43. The molecule has 2 aromatic rings. The molecule has 2 fully saturated rings. The Balaban J connectivity index is 1.84. The van der Waals surface area contributed by atoms with Crippen molar-refractivity contribution in [2.45, 2.75) is 172 Å². The van der Waals surface area contributed by atoms with Gasteiger partial charge < -0.3 is 82.8 Å². The molecule has 26 heteroatoms. The van der Waals surface area contributed by atoms with Crippen molar-refractivity contribution in [3.05, 3.63) is 59.7 Å². The lowest BCUT2D eigenvalue weighted by atomic mass is 9.95. The van der Waals surface area contributed by atoms with Gasteiger partial charge >= 0.3 is 5.97 Å². The van der Waals surface area contributed by atoms with Gasteiger partial charge in [-0.05, 0) is 99.6 Å². The van der Waals surface area contributed by atoms with Crippen LogP contribution in [0.5, 0.6) is 11.5 Å². The second-order valence-electron chi connectivity index (χ2n) is 20.6. The number of cyclic esters (lactones) is 1. The minimum Gasteiger partial charge on any atom is -0.508 e. The van der Waals surface area contributed by atoms with Crippen LogP contribution >= 0.6 is 0 Å². The van der Waals surface area contributed by atoms with E-state index in [1.54, 1.807) is 39.8 Å². The number of esters is 1. The number of aliphatic hydroxyl groups is 4. The molecule has 2 bridgehead atoms. The molecule has 0 spiro atoms. The highest BCUT2D eigenvalue weighted by Crippen LogP contribution is 2.26. The third kappa shape index (κ3) is 18.1. The molecule has 14 N–H and O–H groups in total. The lowest BCUT2D eigenvalue weighted by molar-refractivity contribution is -0.170. The van der Waals surface area contributed by atoms with Crippen LogP contribution in [0.15, 0.2) is 48.5 Å². The largest absolute Gasteiger partial charge is 0.508 e. The van der Waals surface area contributed by atoms with Gasteiger partial charge in [0.25, 0.3) is 5.91 Å². The summed E-state index contributed by atoms with van der Waals surface area (Å²) in [6.45, 7) is 8.12. The molecule has 2 saturated heterocycles. The van der Waals surface area contributed by atoms with Crippen molar-refractivity contribution in [1.82, 2.24) is 41.7 Å². The number of aryl methyl sites for hydroxylation is 1. The van der Waals surface area contributed by atoms with Gasteiger partial charge in [0.05, 0.1) is 12.7 Å². The van der Waals surface area contributed by atoms with E-state index in [1.165, 1.54) is 57.3 Å². The topological polar surface area (TPSA) is 406 Å². The van der Waals surface area contributed by atoms with Crippen molar-refractivity contribution in [3.63, 3.8) is 0 Å². The van der Waals surface area contributed by atoms with Crippen molar-refractivity contribution in [1.29, 1.82) is 0 Å². The van der Waals surface area contributed by atoms with Crippen LogP contribution in [-0.2, 0) is 65.5 Å². The SMILES string of the molecule is CC[C@H](C)[C@@H]1NC(=O)[C@H](Cc2ccc(O)cc2)N(C)C(=O)[C@@H]([C@@H](C)O)N2C(=O)C(CCC2O)NC(=O)[C@H](CC(C)C)NC(=O)[C@@H](NC(=O)[C@H](CCC(N)=O)NC(=O)C(CCc2ccc(O)cc2)NC(=O)[C@H](O)CO)[C@@H](C)OC1=O. The summed E-state index contributed by atoms with van der Waals surface area (Å²) in [6.07, 6.45) is -8.60. The highest BCUT2D eigenvalue weighted by atomic mass is 16.5. The number of phenolic OH excluding ortho intramolecular Hbond substituents is 2. The molecule has 0 aromatic heterocycles. The number of nitrogens with two attached hydrogens (primary N) is 1. The molecular weight excluding hydrogens is 1030 g/mol. The quantitative estimate of drug-likeness (QED) is 0.0603. The van der Waals surface area contributed by atoms with E-state index < -0.39 is 157 Å². The fourth-order valence-electron chi connectivity index (χ4n) is 9.09. The van der Waals surface area contributed by atoms with Crippen LogP contribution in [-0.4, -0.2) is 186 Å². The van der Waals surface area contributed by atoms with Gasteiger partial charge in [-0.25, -0.2) is 4.79 Å². The highest BCUT2D eigenvalue weighted by molar-refractivity contribution is 5.99. The first-order chi connectivity index (χ1) is 37.2. The summed E-state index contributed by atoms with van der Waals surface area (Å²) >= 11 is 0. The van der Waals surface area contributed by atoms with Crippen LogP contribution in [0.1, 0.15) is 97.6 Å². The Hall–Kier alpha value is -7.42. The predicted octanol–water partition coefficient (Wildman–Crippen LogP) is -2.64. The van der Waals surface area contributed by atoms with E-state index in [0.29, 0.717) is 11.1 Å². The number of hydrogen-bond donors (Lipinski definition) is 13. The number of nitrogens with one attached hydrogen (secondary N) is 6. The molecule has 436 valence electrons. The van der Waals surface area contributed by atoms with E-state index in [2.05, 4.69) is 31.9 Å². The lowest BCUT2D eigenvalue weighted by Crippen LogP contribution is -2.67. The van der Waals surface area contributed by atoms with E-state index in [9.17, 15) is 78.6 Å². The Morgan fingerprint density at radius 3 is 1.91 bits per heavy atom. The fraction of sp³-hybridized carbons (Fsp3) is 0.585. The van der Waals surface area contributed by atoms with E-state index >= 15 is 0 Å². The van der Waals surface area contributed by atoms with Gasteiger partial charge in [0.15, 0.2) is 6.10 Å². The molecule has 2 aliphatic heterocycles. The molecule has 2 aromatic carbocycles. The number of carbonyl (C=O) groups excluding carboxylic acids is 10. The first-order valence-corrected chi connectivity index (χ1v) is 26.3. The van der Waals surface area contributed by atoms with Crippen molar-refractivity contribution in [2.75, 3.05) is 13.7 Å². The van der Waals surface area contributed by atoms with Crippen molar-refractivity contribution in [3.8, 4) is 11.5 Å². The number of hydrogen-bond acceptors (Lipinski definition) is 17. The molecule has 13 atom stereocenters. The molecule has 9 amide bonds. The highest BCUT2D eigenvalue weighted by Gasteiger charge is 2.47. The Morgan fingerprint density at radius 2 is 1.35 bits per heavy atom. The molecule has 0 aliphatic carbocycles. The number of aliphatic hydroxyl groups excluding tert-OH is 4. The number of benzene rings is 2. The van der Waals surface area contributed by atoms with Crippen LogP contribution in [0.2, 0.25) is 0 Å². The van der Waals surface area contributed by atoms with E-state index in [1.807, 2.05) is 0 Å². The summed E-state index contributed by atoms with van der Waals surface area (Å²) < 4.78 is 5.91. The van der Waals surface area contributed by atoms with Gasteiger partial charge in [0, 0.05) is 19.9 Å². The molecule has 3 unspecified atom stereocenters. The fourth-order valence-corrected chi connectivity index (χ4v) is 9.09. The molecule has 0 saturated carbocycles. The van der Waals surface area contributed by atoms with Crippen LogP contribution in [0.4, 0.5) is 0 Å². The average molecular weight is 1110 g/mol. The third-order valence-corrected chi connectivity index (χ3v) is 13.9. The summed E-state index contributed by atoms with van der Waals surface area (Å²) in [4.78, 5) is 143. The molecule has 2 heterocycles. The van der Waals surface area contributed by atoms with Gasteiger partial charge in [0.1, 0.15) is 72.2 Å². The maximum Gasteiger partial charge on any atom is 0.329 e. The third-order valence-electron chi connectivity index (χ3n) is 13.9. The Morgan fingerprint density at radius 1 is 0.772 bits per heavy atom. The zero-order valence-electron chi connectivity index (χ0n) is 45.4. The number of piperidine rings is 1.